The van der Waals surface area contributed by atoms with E-state index in [-0.39, 0.29) is 24.3 Å². The normalized spacial score (nSPS) is 17.2. The van der Waals surface area contributed by atoms with Crippen LogP contribution in [0.15, 0.2) is 41.0 Å². The summed E-state index contributed by atoms with van der Waals surface area (Å²) in [4.78, 5) is 31.3. The molecule has 7 nitrogen and oxygen atoms in total. The molecule has 1 aliphatic rings. The molecule has 0 aliphatic carbocycles. The fourth-order valence-electron chi connectivity index (χ4n) is 3.33. The molecule has 0 saturated carbocycles. The Labute approximate surface area is 166 Å². The van der Waals surface area contributed by atoms with Gasteiger partial charge in [0.1, 0.15) is 5.75 Å². The van der Waals surface area contributed by atoms with Crippen LogP contribution < -0.4 is 15.4 Å². The summed E-state index contributed by atoms with van der Waals surface area (Å²) < 4.78 is 5.48. The number of likely N-dealkylation sites (tertiary alicyclic amines) is 1. The van der Waals surface area contributed by atoms with Crippen molar-refractivity contribution in [2.75, 3.05) is 40.3 Å². The van der Waals surface area contributed by atoms with Crippen molar-refractivity contribution in [2.45, 2.75) is 25.8 Å². The van der Waals surface area contributed by atoms with Gasteiger partial charge in [0.2, 0.25) is 0 Å². The van der Waals surface area contributed by atoms with Crippen molar-refractivity contribution >= 4 is 17.9 Å². The summed E-state index contributed by atoms with van der Waals surface area (Å²) in [6.45, 7) is 3.79. The Morgan fingerprint density at radius 2 is 2.18 bits per heavy atom. The number of amides is 1. The van der Waals surface area contributed by atoms with Gasteiger partial charge in [0.15, 0.2) is 5.78 Å². The molecule has 0 radical (unpaired) electrons. The van der Waals surface area contributed by atoms with Crippen molar-refractivity contribution in [1.29, 1.82) is 0 Å². The molecule has 152 valence electrons. The number of ether oxygens (including phenoxy) is 1. The van der Waals surface area contributed by atoms with E-state index in [1.807, 2.05) is 26.2 Å². The molecule has 1 aliphatic heterocycles. The molecule has 0 aromatic heterocycles. The maximum absolute atomic E-state index is 12.9. The molecule has 1 aromatic rings. The van der Waals surface area contributed by atoms with E-state index in [1.165, 1.54) is 0 Å². The Balaban J connectivity index is 1.97. The van der Waals surface area contributed by atoms with E-state index < -0.39 is 0 Å². The zero-order chi connectivity index (χ0) is 20.4. The maximum atomic E-state index is 12.9. The van der Waals surface area contributed by atoms with Crippen LogP contribution in [0.1, 0.15) is 30.1 Å². The van der Waals surface area contributed by atoms with Crippen molar-refractivity contribution in [3.8, 4) is 5.75 Å². The third kappa shape index (κ3) is 5.92. The molecule has 1 heterocycles. The van der Waals surface area contributed by atoms with Crippen LogP contribution in [0.2, 0.25) is 0 Å². The van der Waals surface area contributed by atoms with Crippen molar-refractivity contribution < 1.29 is 14.3 Å². The van der Waals surface area contributed by atoms with Gasteiger partial charge in [-0.25, -0.2) is 0 Å². The van der Waals surface area contributed by atoms with Gasteiger partial charge in [-0.2, -0.15) is 0 Å². The van der Waals surface area contributed by atoms with Gasteiger partial charge in [-0.15, -0.1) is 0 Å². The minimum atomic E-state index is -0.382. The predicted molar refractivity (Wildman–Crippen MR) is 111 cm³/mol. The quantitative estimate of drug-likeness (QED) is 0.598. The molecule has 1 atom stereocenters. The third-order valence-corrected chi connectivity index (χ3v) is 4.53. The highest BCUT2D eigenvalue weighted by Gasteiger charge is 2.34. The van der Waals surface area contributed by atoms with E-state index in [0.29, 0.717) is 37.4 Å². The Morgan fingerprint density at radius 1 is 1.36 bits per heavy atom. The maximum Gasteiger partial charge on any atom is 0.254 e. The second kappa shape index (κ2) is 11.2. The first kappa shape index (κ1) is 21.6. The van der Waals surface area contributed by atoms with Crippen LogP contribution in [0.5, 0.6) is 5.75 Å². The minimum absolute atomic E-state index is 0.0315. The molecule has 1 fully saturated rings. The van der Waals surface area contributed by atoms with Crippen molar-refractivity contribution in [1.82, 2.24) is 15.5 Å². The largest absolute Gasteiger partial charge is 0.494 e. The smallest absolute Gasteiger partial charge is 0.254 e. The average molecular weight is 386 g/mol. The number of hydrogen-bond donors (Lipinski definition) is 2. The van der Waals surface area contributed by atoms with Crippen LogP contribution in [0, 0.1) is 0 Å². The summed E-state index contributed by atoms with van der Waals surface area (Å²) in [5.41, 5.74) is 1.50. The van der Waals surface area contributed by atoms with Crippen LogP contribution in [0.25, 0.3) is 0 Å². The van der Waals surface area contributed by atoms with Gasteiger partial charge >= 0.3 is 0 Å². The molecule has 7 heteroatoms. The highest BCUT2D eigenvalue weighted by atomic mass is 16.5. The molecular weight excluding hydrogens is 356 g/mol. The summed E-state index contributed by atoms with van der Waals surface area (Å²) in [7, 11) is 3.52. The molecule has 0 unspecified atom stereocenters. The number of carbonyl (C=O) groups is 2. The summed E-state index contributed by atoms with van der Waals surface area (Å²) in [6.07, 6.45) is 5.11. The SMILES string of the molecule is CCOc1cccc(C(=O)N2CCC[C@H]2C(=O)CNC/C(C=NC)=C/NC)c1. The zero-order valence-corrected chi connectivity index (χ0v) is 16.9. The van der Waals surface area contributed by atoms with Gasteiger partial charge in [0, 0.05) is 45.2 Å². The molecule has 1 amide bonds. The minimum Gasteiger partial charge on any atom is -0.494 e. The van der Waals surface area contributed by atoms with Crippen LogP contribution in [0.3, 0.4) is 0 Å². The van der Waals surface area contributed by atoms with E-state index in [1.54, 1.807) is 36.4 Å². The summed E-state index contributed by atoms with van der Waals surface area (Å²) in [6, 6.07) is 6.75. The van der Waals surface area contributed by atoms with E-state index in [2.05, 4.69) is 15.6 Å². The molecule has 0 bridgehead atoms. The van der Waals surface area contributed by atoms with Crippen LogP contribution in [-0.4, -0.2) is 69.2 Å². The first-order chi connectivity index (χ1) is 13.6. The first-order valence-electron chi connectivity index (χ1n) is 9.66. The Morgan fingerprint density at radius 3 is 2.89 bits per heavy atom. The van der Waals surface area contributed by atoms with Gasteiger partial charge in [0.25, 0.3) is 5.91 Å². The summed E-state index contributed by atoms with van der Waals surface area (Å²) in [5.74, 6) is 0.578. The van der Waals surface area contributed by atoms with Gasteiger partial charge in [-0.1, -0.05) is 6.07 Å². The van der Waals surface area contributed by atoms with E-state index in [9.17, 15) is 9.59 Å². The number of benzene rings is 1. The lowest BCUT2D eigenvalue weighted by Crippen LogP contribution is -2.44. The highest BCUT2D eigenvalue weighted by molar-refractivity contribution is 5.99. The monoisotopic (exact) mass is 386 g/mol. The van der Waals surface area contributed by atoms with E-state index >= 15 is 0 Å². The van der Waals surface area contributed by atoms with Crippen LogP contribution in [-0.2, 0) is 4.79 Å². The van der Waals surface area contributed by atoms with Gasteiger partial charge in [-0.05, 0) is 43.5 Å². The second-order valence-corrected chi connectivity index (χ2v) is 6.58. The Bertz CT molecular complexity index is 730. The van der Waals surface area contributed by atoms with Crippen molar-refractivity contribution in [3.05, 3.63) is 41.6 Å². The first-order valence-corrected chi connectivity index (χ1v) is 9.66. The van der Waals surface area contributed by atoms with Gasteiger partial charge < -0.3 is 20.3 Å². The average Bonchev–Trinajstić information content (AvgIpc) is 3.18. The number of rotatable bonds is 10. The number of nitrogens with one attached hydrogen (secondary N) is 2. The van der Waals surface area contributed by atoms with Crippen LogP contribution >= 0.6 is 0 Å². The lowest BCUT2D eigenvalue weighted by Gasteiger charge is -2.24. The Kier molecular flexibility index (Phi) is 8.68. The van der Waals surface area contributed by atoms with Crippen molar-refractivity contribution in [2.24, 2.45) is 4.99 Å². The third-order valence-electron chi connectivity index (χ3n) is 4.53. The van der Waals surface area contributed by atoms with Gasteiger partial charge in [0.05, 0.1) is 19.2 Å². The van der Waals surface area contributed by atoms with E-state index in [0.717, 1.165) is 12.0 Å². The number of Topliss-reactive ketones (excluding diaryl/α,β-unsaturated/α-hetero) is 1. The predicted octanol–water partition coefficient (Wildman–Crippen LogP) is 1.65. The second-order valence-electron chi connectivity index (χ2n) is 6.58. The molecule has 2 N–H and O–H groups in total. The fourth-order valence-corrected chi connectivity index (χ4v) is 3.33. The van der Waals surface area contributed by atoms with Gasteiger partial charge in [-0.3, -0.25) is 14.6 Å². The highest BCUT2D eigenvalue weighted by Crippen LogP contribution is 2.22. The topological polar surface area (TPSA) is 83.0 Å². The van der Waals surface area contributed by atoms with E-state index in [4.69, 9.17) is 4.74 Å². The molecule has 1 saturated heterocycles. The molecule has 1 aromatic carbocycles. The number of nitrogens with zero attached hydrogens (tertiary/aromatic N) is 2. The van der Waals surface area contributed by atoms with Crippen LogP contribution in [0.4, 0.5) is 0 Å². The lowest BCUT2D eigenvalue weighted by molar-refractivity contribution is -0.121. The number of aliphatic imine (C=N–C) groups is 1. The number of hydrogen-bond acceptors (Lipinski definition) is 6. The molecule has 28 heavy (non-hydrogen) atoms. The van der Waals surface area contributed by atoms with Crippen molar-refractivity contribution in [3.63, 3.8) is 0 Å². The number of carbonyl (C=O) groups excluding carboxylic acids is 2. The number of ketones is 1. The molecule has 0 spiro atoms. The zero-order valence-electron chi connectivity index (χ0n) is 16.9. The standard InChI is InChI=1S/C21H30N4O3/c1-4-28-18-8-5-7-17(11-18)21(27)25-10-6-9-19(25)20(26)15-24-14-16(12-22-2)13-23-3/h5,7-8,11-13,19,22,24H,4,6,9-10,14-15H2,1-3H3/b16-12+,23-13?/t19-/m0/s1. The summed E-state index contributed by atoms with van der Waals surface area (Å²) in [5, 5.41) is 6.11. The molecular formula is C21H30N4O3. The lowest BCUT2D eigenvalue weighted by atomic mass is 10.1. The summed E-state index contributed by atoms with van der Waals surface area (Å²) >= 11 is 0. The fraction of sp³-hybridized carbons (Fsp3) is 0.476. The Hall–Kier alpha value is -2.67. The molecule has 2 rings (SSSR count).